The second-order valence-corrected chi connectivity index (χ2v) is 5.52. The summed E-state index contributed by atoms with van der Waals surface area (Å²) in [5.41, 5.74) is 6.65. The molecule has 1 aromatic rings. The minimum absolute atomic E-state index is 0.340. The van der Waals surface area contributed by atoms with E-state index in [0.29, 0.717) is 24.4 Å². The zero-order valence-corrected chi connectivity index (χ0v) is 12.3. The van der Waals surface area contributed by atoms with Gasteiger partial charge in [0.25, 0.3) is 0 Å². The first-order chi connectivity index (χ1) is 9.70. The molecule has 1 aliphatic rings. The first-order valence-corrected chi connectivity index (χ1v) is 7.55. The summed E-state index contributed by atoms with van der Waals surface area (Å²) < 4.78 is 5.83. The minimum Gasteiger partial charge on any atom is -0.508 e. The van der Waals surface area contributed by atoms with Crippen LogP contribution in [0.25, 0.3) is 0 Å². The second-order valence-electron chi connectivity index (χ2n) is 5.52. The molecular weight excluding hydrogens is 252 g/mol. The molecule has 0 radical (unpaired) electrons. The summed E-state index contributed by atoms with van der Waals surface area (Å²) in [6, 6.07) is 7.90. The predicted molar refractivity (Wildman–Crippen MR) is 80.7 cm³/mol. The molecule has 0 spiro atoms. The van der Waals surface area contributed by atoms with E-state index in [1.54, 1.807) is 6.07 Å². The monoisotopic (exact) mass is 278 g/mol. The quantitative estimate of drug-likeness (QED) is 0.784. The van der Waals surface area contributed by atoms with Crippen molar-refractivity contribution in [2.24, 2.45) is 5.73 Å². The Morgan fingerprint density at radius 3 is 2.80 bits per heavy atom. The number of nitrogens with zero attached hydrogens (tertiary/aromatic N) is 1. The number of phenols is 1. The predicted octanol–water partition coefficient (Wildman–Crippen LogP) is 2.28. The Balaban J connectivity index is 1.81. The van der Waals surface area contributed by atoms with Gasteiger partial charge >= 0.3 is 0 Å². The second kappa shape index (κ2) is 7.62. The molecular formula is C16H26N2O2. The highest BCUT2D eigenvalue weighted by molar-refractivity contribution is 5.29. The zero-order chi connectivity index (χ0) is 14.4. The maximum Gasteiger partial charge on any atom is 0.115 e. The van der Waals surface area contributed by atoms with Gasteiger partial charge in [-0.15, -0.1) is 0 Å². The van der Waals surface area contributed by atoms with Crippen molar-refractivity contribution >= 4 is 0 Å². The van der Waals surface area contributed by atoms with E-state index in [-0.39, 0.29) is 0 Å². The van der Waals surface area contributed by atoms with Crippen molar-refractivity contribution in [3.8, 4) is 5.75 Å². The summed E-state index contributed by atoms with van der Waals surface area (Å²) in [4.78, 5) is 2.46. The van der Waals surface area contributed by atoms with Crippen LogP contribution in [0.3, 0.4) is 0 Å². The van der Waals surface area contributed by atoms with Crippen LogP contribution >= 0.6 is 0 Å². The van der Waals surface area contributed by atoms with Gasteiger partial charge in [0, 0.05) is 25.7 Å². The van der Waals surface area contributed by atoms with E-state index in [1.807, 2.05) is 12.1 Å². The molecule has 0 amide bonds. The summed E-state index contributed by atoms with van der Waals surface area (Å²) in [5.74, 6) is 0.342. The number of phenolic OH excluding ortho intramolecular Hbond substituents is 1. The van der Waals surface area contributed by atoms with Crippen molar-refractivity contribution in [2.75, 3.05) is 26.2 Å². The molecule has 1 unspecified atom stereocenters. The zero-order valence-electron chi connectivity index (χ0n) is 12.3. The fraction of sp³-hybridized carbons (Fsp3) is 0.625. The van der Waals surface area contributed by atoms with Gasteiger partial charge in [0.05, 0.1) is 6.10 Å². The lowest BCUT2D eigenvalue weighted by atomic mass is 10.0. The van der Waals surface area contributed by atoms with Crippen molar-refractivity contribution in [3.05, 3.63) is 29.8 Å². The molecule has 1 atom stereocenters. The standard InChI is InChI=1S/C16H26N2O2/c1-13(14-4-2-5-15(19)12-14)18-9-6-16(7-10-18)20-11-3-8-17/h2,4-5,12-13,16,19H,3,6-11,17H2,1H3. The van der Waals surface area contributed by atoms with Crippen LogP contribution in [-0.4, -0.2) is 42.4 Å². The number of aromatic hydroxyl groups is 1. The molecule has 3 N–H and O–H groups in total. The maximum absolute atomic E-state index is 9.57. The van der Waals surface area contributed by atoms with Crippen LogP contribution in [0.4, 0.5) is 0 Å². The summed E-state index contributed by atoms with van der Waals surface area (Å²) in [7, 11) is 0. The lowest BCUT2D eigenvalue weighted by molar-refractivity contribution is -0.000765. The molecule has 1 aromatic carbocycles. The summed E-state index contributed by atoms with van der Waals surface area (Å²) in [6.45, 7) is 5.77. The Morgan fingerprint density at radius 2 is 2.15 bits per heavy atom. The first-order valence-electron chi connectivity index (χ1n) is 7.55. The number of rotatable bonds is 6. The molecule has 1 fully saturated rings. The number of hydrogen-bond donors (Lipinski definition) is 2. The molecule has 20 heavy (non-hydrogen) atoms. The van der Waals surface area contributed by atoms with Gasteiger partial charge < -0.3 is 15.6 Å². The van der Waals surface area contributed by atoms with Crippen LogP contribution in [0.1, 0.15) is 37.8 Å². The normalized spacial score (nSPS) is 19.1. The molecule has 0 bridgehead atoms. The van der Waals surface area contributed by atoms with Gasteiger partial charge in [-0.05, 0) is 50.4 Å². The van der Waals surface area contributed by atoms with Gasteiger partial charge in [-0.25, -0.2) is 0 Å². The summed E-state index contributed by atoms with van der Waals surface area (Å²) in [6.07, 6.45) is 3.48. The van der Waals surface area contributed by atoms with Gasteiger partial charge in [0.2, 0.25) is 0 Å². The molecule has 0 aromatic heterocycles. The lowest BCUT2D eigenvalue weighted by Crippen LogP contribution is -2.38. The number of likely N-dealkylation sites (tertiary alicyclic amines) is 1. The van der Waals surface area contributed by atoms with Crippen molar-refractivity contribution in [1.82, 2.24) is 4.90 Å². The fourth-order valence-electron chi connectivity index (χ4n) is 2.76. The Hall–Kier alpha value is -1.10. The molecule has 4 nitrogen and oxygen atoms in total. The number of piperidine rings is 1. The van der Waals surface area contributed by atoms with E-state index in [2.05, 4.69) is 17.9 Å². The van der Waals surface area contributed by atoms with Gasteiger partial charge in [0.1, 0.15) is 5.75 Å². The Bertz CT molecular complexity index is 403. The van der Waals surface area contributed by atoms with Crippen molar-refractivity contribution < 1.29 is 9.84 Å². The van der Waals surface area contributed by atoms with Crippen LogP contribution in [0.5, 0.6) is 5.75 Å². The average molecular weight is 278 g/mol. The largest absolute Gasteiger partial charge is 0.508 e. The topological polar surface area (TPSA) is 58.7 Å². The van der Waals surface area contributed by atoms with Crippen molar-refractivity contribution in [1.29, 1.82) is 0 Å². The third-order valence-corrected chi connectivity index (χ3v) is 4.08. The molecule has 2 rings (SSSR count). The summed E-state index contributed by atoms with van der Waals surface area (Å²) >= 11 is 0. The molecule has 1 saturated heterocycles. The Kier molecular flexibility index (Phi) is 5.83. The average Bonchev–Trinajstić information content (AvgIpc) is 2.47. The highest BCUT2D eigenvalue weighted by atomic mass is 16.5. The smallest absolute Gasteiger partial charge is 0.115 e. The number of ether oxygens (including phenoxy) is 1. The van der Waals surface area contributed by atoms with Crippen LogP contribution in [0.15, 0.2) is 24.3 Å². The highest BCUT2D eigenvalue weighted by Crippen LogP contribution is 2.27. The van der Waals surface area contributed by atoms with Crippen LogP contribution in [-0.2, 0) is 4.74 Å². The van der Waals surface area contributed by atoms with E-state index in [0.717, 1.165) is 39.0 Å². The summed E-state index contributed by atoms with van der Waals surface area (Å²) in [5, 5.41) is 9.57. The van der Waals surface area contributed by atoms with Gasteiger partial charge in [-0.2, -0.15) is 0 Å². The van der Waals surface area contributed by atoms with Gasteiger partial charge in [-0.3, -0.25) is 4.90 Å². The highest BCUT2D eigenvalue weighted by Gasteiger charge is 2.23. The van der Waals surface area contributed by atoms with Crippen LogP contribution < -0.4 is 5.73 Å². The third-order valence-electron chi connectivity index (χ3n) is 4.08. The molecule has 0 aliphatic carbocycles. The fourth-order valence-corrected chi connectivity index (χ4v) is 2.76. The van der Waals surface area contributed by atoms with Crippen molar-refractivity contribution in [3.63, 3.8) is 0 Å². The van der Waals surface area contributed by atoms with Crippen LogP contribution in [0, 0.1) is 0 Å². The molecule has 1 heterocycles. The Labute approximate surface area is 121 Å². The minimum atomic E-state index is 0.340. The molecule has 1 aliphatic heterocycles. The third kappa shape index (κ3) is 4.20. The molecule has 4 heteroatoms. The van der Waals surface area contributed by atoms with Gasteiger partial charge in [0.15, 0.2) is 0 Å². The van der Waals surface area contributed by atoms with Crippen LogP contribution in [0.2, 0.25) is 0 Å². The maximum atomic E-state index is 9.57. The Morgan fingerprint density at radius 1 is 1.40 bits per heavy atom. The number of hydrogen-bond acceptors (Lipinski definition) is 4. The first kappa shape index (κ1) is 15.3. The van der Waals surface area contributed by atoms with E-state index < -0.39 is 0 Å². The molecule has 112 valence electrons. The SMILES string of the molecule is CC(c1cccc(O)c1)N1CCC(OCCCN)CC1. The van der Waals surface area contributed by atoms with E-state index in [1.165, 1.54) is 5.56 Å². The number of benzene rings is 1. The van der Waals surface area contributed by atoms with Gasteiger partial charge in [-0.1, -0.05) is 12.1 Å². The van der Waals surface area contributed by atoms with Crippen molar-refractivity contribution in [2.45, 2.75) is 38.3 Å². The van der Waals surface area contributed by atoms with E-state index >= 15 is 0 Å². The number of nitrogens with two attached hydrogens (primary N) is 1. The van der Waals surface area contributed by atoms with E-state index in [4.69, 9.17) is 10.5 Å². The van der Waals surface area contributed by atoms with E-state index in [9.17, 15) is 5.11 Å². The lowest BCUT2D eigenvalue weighted by Gasteiger charge is -2.36. The molecule has 0 saturated carbocycles.